The van der Waals surface area contributed by atoms with Crippen molar-refractivity contribution in [1.82, 2.24) is 9.97 Å². The summed E-state index contributed by atoms with van der Waals surface area (Å²) in [4.78, 5) is 13.7. The summed E-state index contributed by atoms with van der Waals surface area (Å²) in [6.45, 7) is 0.0248. The standard InChI is InChI=1S/C41H25BN3O.C11H8N.Ir/c1-3-13-27(14-4-1)44-35-21-8-7-19-32(35)42-33-26-39-31(29-17-11-18-30(41(29)46-39)34-20-9-10-24-43-34)25-38(33)45(28-15-5-2-6-16-28)37-23-12-22-36(44)40(37)42;1-2-6-10(7-3-1)11-8-4-5-9-12-11;/h1-17,19-26H;1-6,8-9H;/q2*-1;. The van der Waals surface area contributed by atoms with Gasteiger partial charge >= 0.3 is 0 Å². The van der Waals surface area contributed by atoms with E-state index in [0.717, 1.165) is 61.5 Å². The monoisotopic (exact) mass is 933 g/mol. The minimum absolute atomic E-state index is 0. The van der Waals surface area contributed by atoms with Crippen molar-refractivity contribution < 1.29 is 24.5 Å². The summed E-state index contributed by atoms with van der Waals surface area (Å²) in [6, 6.07) is 71.8. The van der Waals surface area contributed by atoms with Gasteiger partial charge in [0.05, 0.1) is 5.58 Å². The van der Waals surface area contributed by atoms with E-state index >= 15 is 0 Å². The van der Waals surface area contributed by atoms with E-state index < -0.39 is 0 Å². The van der Waals surface area contributed by atoms with Gasteiger partial charge in [-0.2, -0.15) is 0 Å². The predicted molar refractivity (Wildman–Crippen MR) is 238 cm³/mol. The normalized spacial score (nSPS) is 12.2. The zero-order chi connectivity index (χ0) is 38.4. The van der Waals surface area contributed by atoms with Crippen LogP contribution in [0, 0.1) is 12.1 Å². The summed E-state index contributed by atoms with van der Waals surface area (Å²) in [7, 11) is 0. The molecule has 2 aliphatic rings. The largest absolute Gasteiger partial charge is 0.501 e. The summed E-state index contributed by atoms with van der Waals surface area (Å²) in [5.41, 5.74) is 16.2. The van der Waals surface area contributed by atoms with E-state index in [1.165, 1.54) is 33.5 Å². The second-order valence-electron chi connectivity index (χ2n) is 14.4. The maximum Gasteiger partial charge on any atom is 0.252 e. The summed E-state index contributed by atoms with van der Waals surface area (Å²) in [6.07, 6.45) is 3.60. The molecule has 0 saturated heterocycles. The summed E-state index contributed by atoms with van der Waals surface area (Å²) in [5, 5.41) is 2.14. The minimum Gasteiger partial charge on any atom is -0.501 e. The fourth-order valence-electron chi connectivity index (χ4n) is 8.60. The van der Waals surface area contributed by atoms with Crippen molar-refractivity contribution in [2.75, 3.05) is 9.80 Å². The van der Waals surface area contributed by atoms with Gasteiger partial charge in [0.25, 0.3) is 6.71 Å². The fourth-order valence-corrected chi connectivity index (χ4v) is 8.60. The average Bonchev–Trinajstić information content (AvgIpc) is 3.67. The Kier molecular flexibility index (Phi) is 9.46. The van der Waals surface area contributed by atoms with E-state index in [2.05, 4.69) is 153 Å². The Balaban J connectivity index is 0.000000279. The number of rotatable bonds is 4. The van der Waals surface area contributed by atoms with Crippen LogP contribution < -0.4 is 26.2 Å². The van der Waals surface area contributed by atoms with E-state index in [0.29, 0.717) is 0 Å². The Morgan fingerprint density at radius 2 is 1.10 bits per heavy atom. The van der Waals surface area contributed by atoms with E-state index in [-0.39, 0.29) is 26.8 Å². The van der Waals surface area contributed by atoms with Gasteiger partial charge in [-0.15, -0.1) is 54.1 Å². The van der Waals surface area contributed by atoms with Crippen molar-refractivity contribution in [3.8, 4) is 22.5 Å². The number of furan rings is 1. The number of anilines is 6. The van der Waals surface area contributed by atoms with Crippen molar-refractivity contribution in [2.24, 2.45) is 0 Å². The van der Waals surface area contributed by atoms with Gasteiger partial charge in [0.2, 0.25) is 0 Å². The summed E-state index contributed by atoms with van der Waals surface area (Å²) >= 11 is 0. The first kappa shape index (κ1) is 36.3. The van der Waals surface area contributed by atoms with Gasteiger partial charge in [-0.05, 0) is 94.5 Å². The number of nitrogens with zero attached hydrogens (tertiary/aromatic N) is 4. The minimum atomic E-state index is 0. The zero-order valence-electron chi connectivity index (χ0n) is 31.7. The topological polar surface area (TPSA) is 45.4 Å². The molecule has 0 bridgehead atoms. The predicted octanol–water partition coefficient (Wildman–Crippen LogP) is 11.1. The van der Waals surface area contributed by atoms with Gasteiger partial charge in [-0.1, -0.05) is 95.9 Å². The molecular weight excluding hydrogens is 900 g/mol. The number of pyridine rings is 2. The van der Waals surface area contributed by atoms with Crippen LogP contribution in [0.1, 0.15) is 0 Å². The number of hydrogen-bond acceptors (Lipinski definition) is 5. The third-order valence-corrected chi connectivity index (χ3v) is 11.1. The van der Waals surface area contributed by atoms with Crippen LogP contribution in [-0.2, 0) is 20.1 Å². The molecule has 0 aliphatic carbocycles. The van der Waals surface area contributed by atoms with Gasteiger partial charge in [0.1, 0.15) is 5.58 Å². The maximum atomic E-state index is 6.75. The first-order valence-electron chi connectivity index (χ1n) is 19.4. The molecule has 10 aromatic rings. The first-order chi connectivity index (χ1) is 28.8. The van der Waals surface area contributed by atoms with Crippen molar-refractivity contribution in [3.63, 3.8) is 0 Å². The van der Waals surface area contributed by atoms with Crippen molar-refractivity contribution in [2.45, 2.75) is 0 Å². The maximum absolute atomic E-state index is 6.75. The number of benzene rings is 7. The fraction of sp³-hybridized carbons (Fsp3) is 0. The molecule has 3 aromatic heterocycles. The van der Waals surface area contributed by atoms with Crippen molar-refractivity contribution in [1.29, 1.82) is 0 Å². The number of para-hydroxylation sites is 3. The molecule has 1 radical (unpaired) electrons. The van der Waals surface area contributed by atoms with Crippen LogP contribution in [-0.4, -0.2) is 16.7 Å². The van der Waals surface area contributed by atoms with Gasteiger partial charge in [-0.3, -0.25) is 0 Å². The van der Waals surface area contributed by atoms with E-state index in [1.807, 2.05) is 72.9 Å². The number of fused-ring (bicyclic) bond motifs is 7. The Morgan fingerprint density at radius 1 is 0.475 bits per heavy atom. The smallest absolute Gasteiger partial charge is 0.252 e. The van der Waals surface area contributed by atoms with Crippen LogP contribution in [0.25, 0.3) is 44.5 Å². The van der Waals surface area contributed by atoms with E-state index in [4.69, 9.17) is 4.42 Å². The van der Waals surface area contributed by atoms with Crippen LogP contribution in [0.3, 0.4) is 0 Å². The summed E-state index contributed by atoms with van der Waals surface area (Å²) < 4.78 is 6.75. The molecule has 0 unspecified atom stereocenters. The number of aromatic nitrogens is 2. The molecule has 0 amide bonds. The zero-order valence-corrected chi connectivity index (χ0v) is 34.1. The molecule has 5 heterocycles. The Morgan fingerprint density at radius 3 is 1.78 bits per heavy atom. The molecule has 59 heavy (non-hydrogen) atoms. The first-order valence-corrected chi connectivity index (χ1v) is 19.4. The van der Waals surface area contributed by atoms with Gasteiger partial charge in [-0.25, -0.2) is 0 Å². The SMILES string of the molecule is [Ir].[c-]1ccc2c(oc3cc4c(cc32)N(c2ccccc2)c2cccc3c2B4c2ccccc2N3c2ccccc2)c1-c1ccccn1.[c-]1ccccc1-c1ccccn1. The Labute approximate surface area is 356 Å². The Hall–Kier alpha value is -7.05. The van der Waals surface area contributed by atoms with Crippen LogP contribution in [0.4, 0.5) is 34.1 Å². The molecule has 0 atom stereocenters. The van der Waals surface area contributed by atoms with Crippen molar-refractivity contribution >= 4 is 79.2 Å². The van der Waals surface area contributed by atoms with Gasteiger partial charge in [0, 0.05) is 72.0 Å². The van der Waals surface area contributed by atoms with E-state index in [1.54, 1.807) is 6.20 Å². The van der Waals surface area contributed by atoms with Gasteiger partial charge < -0.3 is 24.2 Å². The molecule has 7 aromatic carbocycles. The third-order valence-electron chi connectivity index (χ3n) is 11.1. The van der Waals surface area contributed by atoms with E-state index in [9.17, 15) is 0 Å². The molecule has 5 nitrogen and oxygen atoms in total. The number of hydrogen-bond donors (Lipinski definition) is 0. The molecular formula is C52H33BIrN4O-2. The van der Waals surface area contributed by atoms with Gasteiger partial charge in [0.15, 0.2) is 0 Å². The van der Waals surface area contributed by atoms with Crippen molar-refractivity contribution in [3.05, 3.63) is 213 Å². The quantitative estimate of drug-likeness (QED) is 0.130. The Bertz CT molecular complexity index is 3040. The molecule has 281 valence electrons. The average molecular weight is 933 g/mol. The molecule has 2 aliphatic heterocycles. The van der Waals surface area contributed by atoms with Crippen LogP contribution in [0.2, 0.25) is 0 Å². The molecule has 7 heteroatoms. The second kappa shape index (κ2) is 15.4. The second-order valence-corrected chi connectivity index (χ2v) is 14.4. The van der Waals surface area contributed by atoms with Crippen LogP contribution in [0.5, 0.6) is 0 Å². The molecule has 0 saturated carbocycles. The molecule has 0 fully saturated rings. The summed E-state index contributed by atoms with van der Waals surface area (Å²) in [5.74, 6) is 0. The third kappa shape index (κ3) is 6.23. The molecule has 0 spiro atoms. The van der Waals surface area contributed by atoms with Crippen LogP contribution >= 0.6 is 0 Å². The van der Waals surface area contributed by atoms with Crippen LogP contribution in [0.15, 0.2) is 205 Å². The molecule has 12 rings (SSSR count). The molecule has 0 N–H and O–H groups in total.